The van der Waals surface area contributed by atoms with Crippen molar-refractivity contribution in [3.63, 3.8) is 0 Å². The van der Waals surface area contributed by atoms with Gasteiger partial charge in [0.25, 0.3) is 5.91 Å². The number of benzene rings is 2. The SMILES string of the molecule is Cc1ccccc1Cn1cc(NC(=O)c2cnn3c2N[C@H](c2ccccc2)C[C@H]3C(F)(F)F)cn1. The molecular formula is C25H23F3N6O. The zero-order chi connectivity index (χ0) is 24.6. The first kappa shape index (κ1) is 22.7. The molecule has 0 unspecified atom stereocenters. The number of aromatic nitrogens is 4. The van der Waals surface area contributed by atoms with Crippen molar-refractivity contribution in [1.29, 1.82) is 0 Å². The second-order valence-electron chi connectivity index (χ2n) is 8.56. The molecule has 0 aliphatic carbocycles. The fourth-order valence-corrected chi connectivity index (χ4v) is 4.31. The summed E-state index contributed by atoms with van der Waals surface area (Å²) in [6.45, 7) is 2.54. The van der Waals surface area contributed by atoms with Crippen molar-refractivity contribution in [3.05, 3.63) is 95.4 Å². The Morgan fingerprint density at radius 2 is 1.83 bits per heavy atom. The Bertz CT molecular complexity index is 1340. The van der Waals surface area contributed by atoms with E-state index in [0.717, 1.165) is 15.8 Å². The third-order valence-electron chi connectivity index (χ3n) is 6.17. The van der Waals surface area contributed by atoms with Crippen LogP contribution in [0.3, 0.4) is 0 Å². The molecule has 2 atom stereocenters. The van der Waals surface area contributed by atoms with E-state index >= 15 is 0 Å². The van der Waals surface area contributed by atoms with E-state index in [1.54, 1.807) is 41.2 Å². The van der Waals surface area contributed by atoms with Crippen LogP contribution in [-0.2, 0) is 6.54 Å². The Kier molecular flexibility index (Phi) is 5.80. The summed E-state index contributed by atoms with van der Waals surface area (Å²) in [5, 5.41) is 14.0. The lowest BCUT2D eigenvalue weighted by molar-refractivity contribution is -0.173. The summed E-state index contributed by atoms with van der Waals surface area (Å²) in [5.74, 6) is -0.527. The number of rotatable bonds is 5. The molecular weight excluding hydrogens is 457 g/mol. The number of nitrogens with zero attached hydrogens (tertiary/aromatic N) is 4. The topological polar surface area (TPSA) is 76.8 Å². The average Bonchev–Trinajstić information content (AvgIpc) is 3.46. The fourth-order valence-electron chi connectivity index (χ4n) is 4.31. The first-order valence-electron chi connectivity index (χ1n) is 11.1. The van der Waals surface area contributed by atoms with Crippen LogP contribution in [0.15, 0.2) is 73.2 Å². The second-order valence-corrected chi connectivity index (χ2v) is 8.56. The van der Waals surface area contributed by atoms with Crippen molar-refractivity contribution in [2.45, 2.75) is 38.1 Å². The number of hydrogen-bond donors (Lipinski definition) is 2. The van der Waals surface area contributed by atoms with Crippen LogP contribution in [0, 0.1) is 6.92 Å². The molecule has 1 amide bonds. The Morgan fingerprint density at radius 3 is 2.57 bits per heavy atom. The third kappa shape index (κ3) is 4.64. The predicted octanol–water partition coefficient (Wildman–Crippen LogP) is 5.35. The lowest BCUT2D eigenvalue weighted by Crippen LogP contribution is -2.36. The summed E-state index contributed by atoms with van der Waals surface area (Å²) < 4.78 is 44.2. The molecule has 2 aromatic carbocycles. The minimum absolute atomic E-state index is 0.0338. The van der Waals surface area contributed by atoms with Crippen LogP contribution in [0.5, 0.6) is 0 Å². The van der Waals surface area contributed by atoms with Crippen molar-refractivity contribution >= 4 is 17.4 Å². The molecule has 1 aliphatic rings. The van der Waals surface area contributed by atoms with E-state index in [-0.39, 0.29) is 17.8 Å². The number of amides is 1. The molecule has 3 heterocycles. The fraction of sp³-hybridized carbons (Fsp3) is 0.240. The van der Waals surface area contributed by atoms with Crippen LogP contribution in [-0.4, -0.2) is 31.6 Å². The van der Waals surface area contributed by atoms with Gasteiger partial charge in [0.1, 0.15) is 11.4 Å². The monoisotopic (exact) mass is 480 g/mol. The lowest BCUT2D eigenvalue weighted by atomic mass is 9.96. The van der Waals surface area contributed by atoms with E-state index in [1.165, 1.54) is 12.4 Å². The minimum Gasteiger partial charge on any atom is -0.363 e. The maximum atomic E-state index is 13.9. The Labute approximate surface area is 199 Å². The van der Waals surface area contributed by atoms with Crippen molar-refractivity contribution in [3.8, 4) is 0 Å². The second kappa shape index (κ2) is 8.94. The van der Waals surface area contributed by atoms with Crippen LogP contribution < -0.4 is 10.6 Å². The van der Waals surface area contributed by atoms with Crippen molar-refractivity contribution < 1.29 is 18.0 Å². The van der Waals surface area contributed by atoms with Gasteiger partial charge in [-0.25, -0.2) is 4.68 Å². The van der Waals surface area contributed by atoms with E-state index in [0.29, 0.717) is 17.8 Å². The van der Waals surface area contributed by atoms with E-state index < -0.39 is 24.2 Å². The van der Waals surface area contributed by atoms with E-state index in [1.807, 2.05) is 31.2 Å². The molecule has 35 heavy (non-hydrogen) atoms. The highest BCUT2D eigenvalue weighted by Crippen LogP contribution is 2.44. The minimum atomic E-state index is -4.51. The summed E-state index contributed by atoms with van der Waals surface area (Å²) in [5.41, 5.74) is 3.39. The molecule has 0 spiro atoms. The smallest absolute Gasteiger partial charge is 0.363 e. The number of anilines is 2. The van der Waals surface area contributed by atoms with Gasteiger partial charge in [0.15, 0.2) is 6.04 Å². The van der Waals surface area contributed by atoms with Gasteiger partial charge < -0.3 is 10.6 Å². The van der Waals surface area contributed by atoms with E-state index in [2.05, 4.69) is 20.8 Å². The number of carbonyl (C=O) groups is 1. The summed E-state index contributed by atoms with van der Waals surface area (Å²) in [7, 11) is 0. The summed E-state index contributed by atoms with van der Waals surface area (Å²) in [6, 6.07) is 14.3. The maximum absolute atomic E-state index is 13.9. The maximum Gasteiger partial charge on any atom is 0.410 e. The first-order valence-corrected chi connectivity index (χ1v) is 11.1. The van der Waals surface area contributed by atoms with Gasteiger partial charge in [0, 0.05) is 12.6 Å². The number of carbonyl (C=O) groups excluding carboxylic acids is 1. The number of nitrogens with one attached hydrogen (secondary N) is 2. The molecule has 0 bridgehead atoms. The van der Waals surface area contributed by atoms with Gasteiger partial charge in [-0.3, -0.25) is 9.48 Å². The first-order chi connectivity index (χ1) is 16.8. The van der Waals surface area contributed by atoms with Gasteiger partial charge in [-0.05, 0) is 23.6 Å². The molecule has 0 saturated carbocycles. The van der Waals surface area contributed by atoms with Gasteiger partial charge in [0.2, 0.25) is 0 Å². The van der Waals surface area contributed by atoms with Crippen LogP contribution in [0.1, 0.15) is 45.6 Å². The molecule has 180 valence electrons. The Balaban J connectivity index is 1.38. The van der Waals surface area contributed by atoms with Crippen LogP contribution >= 0.6 is 0 Å². The van der Waals surface area contributed by atoms with Crippen LogP contribution in [0.4, 0.5) is 24.7 Å². The Hall–Kier alpha value is -4.08. The highest BCUT2D eigenvalue weighted by atomic mass is 19.4. The molecule has 0 fully saturated rings. The van der Waals surface area contributed by atoms with Crippen molar-refractivity contribution in [2.75, 3.05) is 10.6 Å². The third-order valence-corrected chi connectivity index (χ3v) is 6.17. The molecule has 0 saturated heterocycles. The number of fused-ring (bicyclic) bond motifs is 1. The lowest BCUT2D eigenvalue weighted by Gasteiger charge is -2.34. The van der Waals surface area contributed by atoms with Gasteiger partial charge in [0.05, 0.1) is 30.7 Å². The van der Waals surface area contributed by atoms with E-state index in [9.17, 15) is 18.0 Å². The molecule has 5 rings (SSSR count). The Morgan fingerprint density at radius 1 is 1.09 bits per heavy atom. The number of alkyl halides is 3. The highest BCUT2D eigenvalue weighted by Gasteiger charge is 2.47. The van der Waals surface area contributed by atoms with Crippen molar-refractivity contribution in [1.82, 2.24) is 19.6 Å². The normalized spacial score (nSPS) is 17.5. The largest absolute Gasteiger partial charge is 0.410 e. The quantitative estimate of drug-likeness (QED) is 0.404. The number of aryl methyl sites for hydroxylation is 1. The summed E-state index contributed by atoms with van der Waals surface area (Å²) in [6.07, 6.45) is -0.388. The molecule has 2 N–H and O–H groups in total. The van der Waals surface area contributed by atoms with Gasteiger partial charge in [-0.15, -0.1) is 0 Å². The predicted molar refractivity (Wildman–Crippen MR) is 125 cm³/mol. The number of hydrogen-bond acceptors (Lipinski definition) is 4. The van der Waals surface area contributed by atoms with Gasteiger partial charge in [-0.1, -0.05) is 54.6 Å². The summed E-state index contributed by atoms with van der Waals surface area (Å²) >= 11 is 0. The van der Waals surface area contributed by atoms with Gasteiger partial charge >= 0.3 is 6.18 Å². The van der Waals surface area contributed by atoms with Crippen LogP contribution in [0.25, 0.3) is 0 Å². The zero-order valence-electron chi connectivity index (χ0n) is 18.8. The van der Waals surface area contributed by atoms with Gasteiger partial charge in [-0.2, -0.15) is 23.4 Å². The molecule has 7 nitrogen and oxygen atoms in total. The number of halogens is 3. The standard InChI is InChI=1S/C25H23F3N6O/c1-16-7-5-6-10-18(16)14-33-15-19(12-29-33)31-24(35)20-13-30-34-22(25(26,27)28)11-21(32-23(20)34)17-8-3-2-4-9-17/h2-10,12-13,15,21-22,32H,11,14H2,1H3,(H,31,35)/t21-,22-/m0/s1. The van der Waals surface area contributed by atoms with Crippen molar-refractivity contribution in [2.24, 2.45) is 0 Å². The molecule has 2 aromatic heterocycles. The molecule has 1 aliphatic heterocycles. The summed E-state index contributed by atoms with van der Waals surface area (Å²) in [4.78, 5) is 13.0. The average molecular weight is 480 g/mol. The van der Waals surface area contributed by atoms with E-state index in [4.69, 9.17) is 0 Å². The molecule has 0 radical (unpaired) electrons. The van der Waals surface area contributed by atoms with Crippen LogP contribution in [0.2, 0.25) is 0 Å². The highest BCUT2D eigenvalue weighted by molar-refractivity contribution is 6.07. The zero-order valence-corrected chi connectivity index (χ0v) is 18.8. The molecule has 10 heteroatoms. The molecule has 4 aromatic rings.